The highest BCUT2D eigenvalue weighted by molar-refractivity contribution is 7.89. The number of amides is 1. The van der Waals surface area contributed by atoms with Crippen LogP contribution in [0.15, 0.2) is 101 Å². The molecule has 0 fully saturated rings. The summed E-state index contributed by atoms with van der Waals surface area (Å²) in [7, 11) is -3.90. The fourth-order valence-corrected chi connectivity index (χ4v) is 5.86. The largest absolute Gasteiger partial charge is 0.467 e. The number of fused-ring (bicyclic) bond motifs is 1. The summed E-state index contributed by atoms with van der Waals surface area (Å²) < 4.78 is 34.4. The van der Waals surface area contributed by atoms with Crippen LogP contribution < -0.4 is 0 Å². The third kappa shape index (κ3) is 6.04. The molecule has 0 radical (unpaired) electrons. The molecule has 4 aromatic rings. The molecule has 0 aliphatic carbocycles. The molecule has 0 spiro atoms. The van der Waals surface area contributed by atoms with Crippen molar-refractivity contribution in [2.45, 2.75) is 44.2 Å². The zero-order valence-electron chi connectivity index (χ0n) is 20.7. The van der Waals surface area contributed by atoms with Gasteiger partial charge in [-0.25, -0.2) is 8.42 Å². The van der Waals surface area contributed by atoms with Gasteiger partial charge in [-0.15, -0.1) is 0 Å². The minimum Gasteiger partial charge on any atom is -0.467 e. The topological polar surface area (TPSA) is 70.8 Å². The number of carbonyl (C=O) groups is 1. The van der Waals surface area contributed by atoms with Crippen molar-refractivity contribution < 1.29 is 17.6 Å². The van der Waals surface area contributed by atoms with Crippen LogP contribution in [0.2, 0.25) is 0 Å². The Labute approximate surface area is 213 Å². The second-order valence-corrected chi connectivity index (χ2v) is 10.8. The van der Waals surface area contributed by atoms with Gasteiger partial charge >= 0.3 is 0 Å². The van der Waals surface area contributed by atoms with Gasteiger partial charge in [-0.2, -0.15) is 4.31 Å². The van der Waals surface area contributed by atoms with Crippen molar-refractivity contribution in [1.82, 2.24) is 9.21 Å². The molecule has 1 amide bonds. The number of hydrogen-bond acceptors (Lipinski definition) is 4. The van der Waals surface area contributed by atoms with Crippen molar-refractivity contribution in [2.75, 3.05) is 13.1 Å². The SMILES string of the molecule is CCC(C)N(CC(=O)N(CCc1ccccc1)Cc1ccco1)S(=O)(=O)c1ccc2ccccc2c1. The van der Waals surface area contributed by atoms with Crippen molar-refractivity contribution in [3.05, 3.63) is 103 Å². The zero-order chi connectivity index (χ0) is 25.5. The Bertz CT molecular complexity index is 1390. The van der Waals surface area contributed by atoms with E-state index in [9.17, 15) is 13.2 Å². The van der Waals surface area contributed by atoms with E-state index in [4.69, 9.17) is 4.42 Å². The Morgan fingerprint density at radius 2 is 1.64 bits per heavy atom. The van der Waals surface area contributed by atoms with E-state index in [1.54, 1.807) is 29.4 Å². The number of carbonyl (C=O) groups excluding carboxylic acids is 1. The van der Waals surface area contributed by atoms with E-state index >= 15 is 0 Å². The molecule has 1 heterocycles. The fraction of sp³-hybridized carbons (Fsp3) is 0.276. The predicted octanol–water partition coefficient (Wildman–Crippen LogP) is 5.49. The maximum atomic E-state index is 13.8. The fourth-order valence-electron chi connectivity index (χ4n) is 4.17. The summed E-state index contributed by atoms with van der Waals surface area (Å²) >= 11 is 0. The molecule has 0 aliphatic heterocycles. The van der Waals surface area contributed by atoms with E-state index < -0.39 is 10.0 Å². The van der Waals surface area contributed by atoms with Gasteiger partial charge in [0.15, 0.2) is 0 Å². The molecule has 0 saturated carbocycles. The highest BCUT2D eigenvalue weighted by Crippen LogP contribution is 2.24. The van der Waals surface area contributed by atoms with Crippen LogP contribution in [0, 0.1) is 0 Å². The highest BCUT2D eigenvalue weighted by atomic mass is 32.2. The average molecular weight is 505 g/mol. The normalized spacial score (nSPS) is 12.6. The van der Waals surface area contributed by atoms with Crippen LogP contribution >= 0.6 is 0 Å². The molecule has 0 bridgehead atoms. The van der Waals surface area contributed by atoms with Crippen LogP contribution in [0.5, 0.6) is 0 Å². The first kappa shape index (κ1) is 25.7. The quantitative estimate of drug-likeness (QED) is 0.271. The van der Waals surface area contributed by atoms with Crippen LogP contribution in [-0.2, 0) is 27.8 Å². The van der Waals surface area contributed by atoms with Crippen molar-refractivity contribution in [3.8, 4) is 0 Å². The predicted molar refractivity (Wildman–Crippen MR) is 142 cm³/mol. The number of nitrogens with zero attached hydrogens (tertiary/aromatic N) is 2. The van der Waals surface area contributed by atoms with Crippen LogP contribution in [0.1, 0.15) is 31.6 Å². The van der Waals surface area contributed by atoms with Crippen LogP contribution in [0.4, 0.5) is 0 Å². The lowest BCUT2D eigenvalue weighted by Crippen LogP contribution is -2.46. The molecule has 0 aliphatic rings. The molecule has 1 atom stereocenters. The molecule has 7 heteroatoms. The van der Waals surface area contributed by atoms with E-state index in [0.717, 1.165) is 16.3 Å². The van der Waals surface area contributed by atoms with Gasteiger partial charge in [0.05, 0.1) is 24.2 Å². The summed E-state index contributed by atoms with van der Waals surface area (Å²) in [6.07, 6.45) is 2.82. The Morgan fingerprint density at radius 1 is 0.917 bits per heavy atom. The van der Waals surface area contributed by atoms with Gasteiger partial charge < -0.3 is 9.32 Å². The summed E-state index contributed by atoms with van der Waals surface area (Å²) in [5.74, 6) is 0.399. The van der Waals surface area contributed by atoms with Gasteiger partial charge in [0.1, 0.15) is 5.76 Å². The minimum atomic E-state index is -3.90. The van der Waals surface area contributed by atoms with Crippen LogP contribution in [0.25, 0.3) is 10.8 Å². The third-order valence-electron chi connectivity index (χ3n) is 6.49. The molecule has 188 valence electrons. The van der Waals surface area contributed by atoms with Crippen molar-refractivity contribution in [3.63, 3.8) is 0 Å². The summed E-state index contributed by atoms with van der Waals surface area (Å²) in [5.41, 5.74) is 1.11. The number of sulfonamides is 1. The number of benzene rings is 3. The van der Waals surface area contributed by atoms with E-state index in [-0.39, 0.29) is 29.9 Å². The monoisotopic (exact) mass is 504 g/mol. The van der Waals surface area contributed by atoms with Gasteiger partial charge in [-0.05, 0) is 60.4 Å². The highest BCUT2D eigenvalue weighted by Gasteiger charge is 2.32. The van der Waals surface area contributed by atoms with Gasteiger partial charge in [0.25, 0.3) is 0 Å². The molecule has 0 N–H and O–H groups in total. The summed E-state index contributed by atoms with van der Waals surface area (Å²) in [4.78, 5) is 15.5. The maximum absolute atomic E-state index is 13.8. The van der Waals surface area contributed by atoms with E-state index in [1.165, 1.54) is 4.31 Å². The maximum Gasteiger partial charge on any atom is 0.243 e. The van der Waals surface area contributed by atoms with Gasteiger partial charge in [-0.3, -0.25) is 4.79 Å². The van der Waals surface area contributed by atoms with Gasteiger partial charge in [-0.1, -0.05) is 67.6 Å². The number of hydrogen-bond donors (Lipinski definition) is 0. The van der Waals surface area contributed by atoms with Crippen molar-refractivity contribution in [1.29, 1.82) is 0 Å². The zero-order valence-corrected chi connectivity index (χ0v) is 21.5. The van der Waals surface area contributed by atoms with Crippen LogP contribution in [-0.4, -0.2) is 42.7 Å². The molecule has 6 nitrogen and oxygen atoms in total. The van der Waals surface area contributed by atoms with E-state index in [0.29, 0.717) is 25.1 Å². The standard InChI is InChI=1S/C29H32N2O4S/c1-3-23(2)31(36(33,34)28-16-15-25-12-7-8-13-26(25)20-28)22-29(32)30(21-27-14-9-19-35-27)18-17-24-10-5-4-6-11-24/h4-16,19-20,23H,3,17-18,21-22H2,1-2H3. The Balaban J connectivity index is 1.59. The minimum absolute atomic E-state index is 0.191. The molecule has 4 rings (SSSR count). The first-order valence-corrected chi connectivity index (χ1v) is 13.7. The molecule has 1 aromatic heterocycles. The first-order chi connectivity index (χ1) is 17.4. The van der Waals surface area contributed by atoms with Gasteiger partial charge in [0.2, 0.25) is 15.9 Å². The molecular formula is C29H32N2O4S. The molecule has 1 unspecified atom stereocenters. The second-order valence-electron chi connectivity index (χ2n) is 8.95. The smallest absolute Gasteiger partial charge is 0.243 e. The second kappa shape index (κ2) is 11.5. The Morgan fingerprint density at radius 3 is 2.33 bits per heavy atom. The lowest BCUT2D eigenvalue weighted by atomic mass is 10.1. The molecular weight excluding hydrogens is 472 g/mol. The molecule has 0 saturated heterocycles. The summed E-state index contributed by atoms with van der Waals surface area (Å²) in [6.45, 7) is 4.26. The Kier molecular flexibility index (Phi) is 8.23. The average Bonchev–Trinajstić information content (AvgIpc) is 3.42. The molecule has 36 heavy (non-hydrogen) atoms. The number of rotatable bonds is 11. The first-order valence-electron chi connectivity index (χ1n) is 12.2. The van der Waals surface area contributed by atoms with Crippen molar-refractivity contribution >= 4 is 26.7 Å². The van der Waals surface area contributed by atoms with Gasteiger partial charge in [0, 0.05) is 12.6 Å². The Hall–Kier alpha value is -3.42. The summed E-state index contributed by atoms with van der Waals surface area (Å²) in [6, 6.07) is 25.9. The summed E-state index contributed by atoms with van der Waals surface area (Å²) in [5, 5.41) is 1.81. The third-order valence-corrected chi connectivity index (χ3v) is 8.45. The van der Waals surface area contributed by atoms with Crippen LogP contribution in [0.3, 0.4) is 0 Å². The molecule has 3 aromatic carbocycles. The number of furan rings is 1. The van der Waals surface area contributed by atoms with E-state index in [2.05, 4.69) is 0 Å². The lowest BCUT2D eigenvalue weighted by Gasteiger charge is -2.30. The lowest BCUT2D eigenvalue weighted by molar-refractivity contribution is -0.132. The van der Waals surface area contributed by atoms with Crippen molar-refractivity contribution in [2.24, 2.45) is 0 Å². The van der Waals surface area contributed by atoms with E-state index in [1.807, 2.05) is 80.6 Å².